The zero-order chi connectivity index (χ0) is 6.57. The third-order valence-electron chi connectivity index (χ3n) is 0.928. The molecule has 2 heteroatoms. The standard InChI is InChI=1S/C6H10O2/c1-3-5(2)4-6(7)8/h4H,3H2,1-2H3,(H,7,8)/b5-4+. The second-order valence-corrected chi connectivity index (χ2v) is 1.68. The van der Waals surface area contributed by atoms with Gasteiger partial charge >= 0.3 is 5.97 Å². The van der Waals surface area contributed by atoms with E-state index >= 15 is 0 Å². The molecule has 0 aromatic carbocycles. The van der Waals surface area contributed by atoms with Gasteiger partial charge in [-0.2, -0.15) is 0 Å². The van der Waals surface area contributed by atoms with Gasteiger partial charge in [0.05, 0.1) is 0 Å². The molecule has 0 rings (SSSR count). The van der Waals surface area contributed by atoms with E-state index in [4.69, 9.17) is 5.11 Å². The highest BCUT2D eigenvalue weighted by atomic mass is 16.4. The number of aliphatic carboxylic acids is 1. The summed E-state index contributed by atoms with van der Waals surface area (Å²) in [6.07, 6.45) is 2.03. The van der Waals surface area contributed by atoms with Crippen molar-refractivity contribution in [3.8, 4) is 0 Å². The lowest BCUT2D eigenvalue weighted by molar-refractivity contribution is -0.131. The molecule has 0 bridgehead atoms. The summed E-state index contributed by atoms with van der Waals surface area (Å²) < 4.78 is 0. The van der Waals surface area contributed by atoms with Gasteiger partial charge in [0.15, 0.2) is 0 Å². The molecule has 0 spiro atoms. The van der Waals surface area contributed by atoms with Crippen molar-refractivity contribution < 1.29 is 9.90 Å². The number of carboxylic acids is 1. The van der Waals surface area contributed by atoms with E-state index in [0.29, 0.717) is 0 Å². The van der Waals surface area contributed by atoms with E-state index in [1.807, 2.05) is 6.92 Å². The maximum absolute atomic E-state index is 9.89. The van der Waals surface area contributed by atoms with Crippen LogP contribution in [0, 0.1) is 0 Å². The Hall–Kier alpha value is -0.790. The van der Waals surface area contributed by atoms with Crippen LogP contribution in [0.2, 0.25) is 0 Å². The minimum Gasteiger partial charge on any atom is -0.478 e. The lowest BCUT2D eigenvalue weighted by Crippen LogP contribution is -1.88. The van der Waals surface area contributed by atoms with Crippen molar-refractivity contribution >= 4 is 5.97 Å². The van der Waals surface area contributed by atoms with Crippen molar-refractivity contribution in [2.45, 2.75) is 20.3 Å². The molecule has 0 saturated carbocycles. The summed E-state index contributed by atoms with van der Waals surface area (Å²) in [5, 5.41) is 8.14. The molecule has 0 heterocycles. The quantitative estimate of drug-likeness (QED) is 0.551. The Kier molecular flexibility index (Phi) is 2.92. The van der Waals surface area contributed by atoms with Crippen LogP contribution in [0.4, 0.5) is 0 Å². The summed E-state index contributed by atoms with van der Waals surface area (Å²) in [5.41, 5.74) is 0.900. The number of carbonyl (C=O) groups is 1. The van der Waals surface area contributed by atoms with Gasteiger partial charge in [-0.1, -0.05) is 12.5 Å². The van der Waals surface area contributed by atoms with Crippen molar-refractivity contribution in [3.05, 3.63) is 11.6 Å². The Bertz CT molecular complexity index is 114. The topological polar surface area (TPSA) is 37.3 Å². The maximum atomic E-state index is 9.89. The van der Waals surface area contributed by atoms with E-state index in [2.05, 4.69) is 0 Å². The van der Waals surface area contributed by atoms with Crippen LogP contribution >= 0.6 is 0 Å². The Morgan fingerprint density at radius 3 is 2.38 bits per heavy atom. The Morgan fingerprint density at radius 2 is 2.25 bits per heavy atom. The van der Waals surface area contributed by atoms with Crippen LogP contribution in [0.3, 0.4) is 0 Å². The third-order valence-corrected chi connectivity index (χ3v) is 0.928. The summed E-state index contributed by atoms with van der Waals surface area (Å²) in [6, 6.07) is 0. The largest absolute Gasteiger partial charge is 0.478 e. The van der Waals surface area contributed by atoms with Gasteiger partial charge in [0.1, 0.15) is 0 Å². The number of rotatable bonds is 2. The van der Waals surface area contributed by atoms with E-state index in [1.54, 1.807) is 6.92 Å². The molecule has 0 aliphatic rings. The SMILES string of the molecule is CC/C(C)=C/C(=O)O. The molecule has 0 unspecified atom stereocenters. The monoisotopic (exact) mass is 114 g/mol. The first-order valence-corrected chi connectivity index (χ1v) is 2.57. The Morgan fingerprint density at radius 1 is 1.75 bits per heavy atom. The lowest BCUT2D eigenvalue weighted by atomic mass is 10.2. The molecule has 0 aromatic rings. The van der Waals surface area contributed by atoms with Crippen LogP contribution in [-0.4, -0.2) is 11.1 Å². The second-order valence-electron chi connectivity index (χ2n) is 1.68. The summed E-state index contributed by atoms with van der Waals surface area (Å²) in [5.74, 6) is -0.857. The van der Waals surface area contributed by atoms with Gasteiger partial charge in [0, 0.05) is 6.08 Å². The van der Waals surface area contributed by atoms with Crippen LogP contribution in [0.25, 0.3) is 0 Å². The van der Waals surface area contributed by atoms with Crippen LogP contribution in [0.15, 0.2) is 11.6 Å². The third kappa shape index (κ3) is 3.40. The van der Waals surface area contributed by atoms with Crippen molar-refractivity contribution in [2.24, 2.45) is 0 Å². The van der Waals surface area contributed by atoms with Gasteiger partial charge in [-0.3, -0.25) is 0 Å². The molecule has 0 aliphatic heterocycles. The lowest BCUT2D eigenvalue weighted by Gasteiger charge is -1.87. The van der Waals surface area contributed by atoms with Gasteiger partial charge in [0.25, 0.3) is 0 Å². The highest BCUT2D eigenvalue weighted by Gasteiger charge is 1.88. The molecule has 1 N–H and O–H groups in total. The van der Waals surface area contributed by atoms with Gasteiger partial charge < -0.3 is 5.11 Å². The predicted molar refractivity (Wildman–Crippen MR) is 31.7 cm³/mol. The summed E-state index contributed by atoms with van der Waals surface area (Å²) >= 11 is 0. The molecular weight excluding hydrogens is 104 g/mol. The number of hydrogen-bond donors (Lipinski definition) is 1. The van der Waals surface area contributed by atoms with Crippen LogP contribution in [0.5, 0.6) is 0 Å². The van der Waals surface area contributed by atoms with Gasteiger partial charge in [-0.15, -0.1) is 0 Å². The van der Waals surface area contributed by atoms with Crippen LogP contribution in [-0.2, 0) is 4.79 Å². The summed E-state index contributed by atoms with van der Waals surface area (Å²) in [4.78, 5) is 9.89. The first kappa shape index (κ1) is 7.21. The Balaban J connectivity index is 3.75. The molecule has 0 saturated heterocycles. The molecule has 0 amide bonds. The first-order valence-electron chi connectivity index (χ1n) is 2.57. The molecule has 0 atom stereocenters. The van der Waals surface area contributed by atoms with E-state index < -0.39 is 5.97 Å². The zero-order valence-electron chi connectivity index (χ0n) is 5.14. The van der Waals surface area contributed by atoms with Crippen LogP contribution < -0.4 is 0 Å². The first-order chi connectivity index (χ1) is 3.66. The molecular formula is C6H10O2. The zero-order valence-corrected chi connectivity index (χ0v) is 5.14. The molecule has 46 valence electrons. The number of allylic oxidation sites excluding steroid dienone is 1. The molecule has 8 heavy (non-hydrogen) atoms. The highest BCUT2D eigenvalue weighted by Crippen LogP contribution is 1.95. The molecule has 0 radical (unpaired) electrons. The second kappa shape index (κ2) is 3.24. The van der Waals surface area contributed by atoms with Gasteiger partial charge in [-0.05, 0) is 13.3 Å². The summed E-state index contributed by atoms with van der Waals surface area (Å²) in [6.45, 7) is 3.73. The van der Waals surface area contributed by atoms with Gasteiger partial charge in [0.2, 0.25) is 0 Å². The van der Waals surface area contributed by atoms with E-state index in [9.17, 15) is 4.79 Å². The van der Waals surface area contributed by atoms with Crippen molar-refractivity contribution in [3.63, 3.8) is 0 Å². The minimum absolute atomic E-state index is 0.812. The average molecular weight is 114 g/mol. The number of hydrogen-bond acceptors (Lipinski definition) is 1. The fourth-order valence-electron chi connectivity index (χ4n) is 0.313. The van der Waals surface area contributed by atoms with E-state index in [-0.39, 0.29) is 0 Å². The molecule has 0 fully saturated rings. The highest BCUT2D eigenvalue weighted by molar-refractivity contribution is 5.80. The fraction of sp³-hybridized carbons (Fsp3) is 0.500. The van der Waals surface area contributed by atoms with E-state index in [0.717, 1.165) is 12.0 Å². The van der Waals surface area contributed by atoms with Gasteiger partial charge in [-0.25, -0.2) is 4.79 Å². The maximum Gasteiger partial charge on any atom is 0.328 e. The minimum atomic E-state index is -0.857. The van der Waals surface area contributed by atoms with E-state index in [1.165, 1.54) is 6.08 Å². The van der Waals surface area contributed by atoms with Crippen molar-refractivity contribution in [2.75, 3.05) is 0 Å². The smallest absolute Gasteiger partial charge is 0.328 e. The fourth-order valence-corrected chi connectivity index (χ4v) is 0.313. The normalized spacial score (nSPS) is 11.5. The molecule has 2 nitrogen and oxygen atoms in total. The average Bonchev–Trinajstić information content (AvgIpc) is 1.65. The molecule has 0 aliphatic carbocycles. The van der Waals surface area contributed by atoms with Crippen LogP contribution in [0.1, 0.15) is 20.3 Å². The van der Waals surface area contributed by atoms with Crippen molar-refractivity contribution in [1.82, 2.24) is 0 Å². The molecule has 0 aromatic heterocycles. The summed E-state index contributed by atoms with van der Waals surface area (Å²) in [7, 11) is 0. The number of carboxylic acid groups (broad SMARTS) is 1. The predicted octanol–water partition coefficient (Wildman–Crippen LogP) is 1.43. The Labute approximate surface area is 48.8 Å². The van der Waals surface area contributed by atoms with Crippen molar-refractivity contribution in [1.29, 1.82) is 0 Å².